The largest absolute Gasteiger partial charge is 0.399 e. The van der Waals surface area contributed by atoms with Crippen LogP contribution in [0.3, 0.4) is 0 Å². The van der Waals surface area contributed by atoms with Crippen LogP contribution in [0.1, 0.15) is 27.1 Å². The van der Waals surface area contributed by atoms with E-state index in [4.69, 9.17) is 26.2 Å². The molecule has 1 aromatic carbocycles. The lowest BCUT2D eigenvalue weighted by Gasteiger charge is -2.14. The molecule has 0 radical (unpaired) electrons. The number of aliphatic hydroxyl groups excluding tert-OH is 4. The minimum absolute atomic E-state index is 0.0760. The highest BCUT2D eigenvalue weighted by atomic mass is 16.3. The number of hydrogen-bond acceptors (Lipinski definition) is 7. The maximum Gasteiger partial charge on any atom is 0.251 e. The number of carbonyl (C=O) groups is 2. The minimum Gasteiger partial charge on any atom is -0.399 e. The Hall–Kier alpha value is -2.00. The normalized spacial score (nSPS) is 11.0. The number of carbonyl (C=O) groups excluding carboxylic acids is 2. The number of nitrogens with one attached hydrogen (secondary N) is 1. The van der Waals surface area contributed by atoms with E-state index in [-0.39, 0.29) is 42.2 Å². The summed E-state index contributed by atoms with van der Waals surface area (Å²) in [6.45, 7) is -1.50. The molecule has 23 heavy (non-hydrogen) atoms. The van der Waals surface area contributed by atoms with Crippen LogP contribution in [0.4, 0.5) is 5.69 Å². The van der Waals surface area contributed by atoms with Gasteiger partial charge in [0.15, 0.2) is 5.78 Å². The second kappa shape index (κ2) is 9.21. The van der Waals surface area contributed by atoms with Crippen molar-refractivity contribution in [2.75, 3.05) is 32.2 Å². The van der Waals surface area contributed by atoms with Crippen LogP contribution in [0, 0.1) is 5.92 Å². The van der Waals surface area contributed by atoms with E-state index in [1.165, 1.54) is 18.2 Å². The van der Waals surface area contributed by atoms with Gasteiger partial charge in [-0.1, -0.05) is 0 Å². The molecular weight excluding hydrogens is 304 g/mol. The van der Waals surface area contributed by atoms with Gasteiger partial charge in [-0.15, -0.1) is 0 Å². The monoisotopic (exact) mass is 326 g/mol. The summed E-state index contributed by atoms with van der Waals surface area (Å²) in [6, 6.07) is 3.30. The van der Waals surface area contributed by atoms with Gasteiger partial charge in [0, 0.05) is 42.4 Å². The van der Waals surface area contributed by atoms with Gasteiger partial charge in [0.2, 0.25) is 0 Å². The summed E-state index contributed by atoms with van der Waals surface area (Å²) in [5, 5.41) is 38.4. The van der Waals surface area contributed by atoms with Crippen LogP contribution in [0.15, 0.2) is 18.2 Å². The molecule has 0 aromatic heterocycles. The van der Waals surface area contributed by atoms with Gasteiger partial charge in [-0.05, 0) is 18.2 Å². The predicted molar refractivity (Wildman–Crippen MR) is 82.9 cm³/mol. The molecule has 0 spiro atoms. The fourth-order valence-corrected chi connectivity index (χ4v) is 1.93. The number of anilines is 1. The van der Waals surface area contributed by atoms with Gasteiger partial charge in [0.05, 0.1) is 19.3 Å². The van der Waals surface area contributed by atoms with Crippen molar-refractivity contribution in [3.8, 4) is 0 Å². The average molecular weight is 326 g/mol. The van der Waals surface area contributed by atoms with Crippen LogP contribution in [-0.4, -0.2) is 64.6 Å². The van der Waals surface area contributed by atoms with Crippen molar-refractivity contribution < 1.29 is 30.0 Å². The first kappa shape index (κ1) is 19.0. The molecule has 0 bridgehead atoms. The topological polar surface area (TPSA) is 153 Å². The highest BCUT2D eigenvalue weighted by Crippen LogP contribution is 2.16. The van der Waals surface area contributed by atoms with Crippen molar-refractivity contribution in [2.45, 2.75) is 12.5 Å². The Bertz CT molecular complexity index is 497. The first-order chi connectivity index (χ1) is 10.9. The average Bonchev–Trinajstić information content (AvgIpc) is 2.56. The zero-order valence-electron chi connectivity index (χ0n) is 12.6. The molecule has 0 heterocycles. The molecule has 8 nitrogen and oxygen atoms in total. The van der Waals surface area contributed by atoms with E-state index in [9.17, 15) is 9.59 Å². The van der Waals surface area contributed by atoms with Gasteiger partial charge in [-0.25, -0.2) is 0 Å². The molecule has 0 saturated carbocycles. The maximum atomic E-state index is 12.1. The van der Waals surface area contributed by atoms with Crippen molar-refractivity contribution >= 4 is 17.4 Å². The lowest BCUT2D eigenvalue weighted by molar-refractivity contribution is 0.0876. The van der Waals surface area contributed by atoms with E-state index in [2.05, 4.69) is 5.32 Å². The van der Waals surface area contributed by atoms with E-state index in [0.717, 1.165) is 0 Å². The summed E-state index contributed by atoms with van der Waals surface area (Å²) in [7, 11) is 0. The summed E-state index contributed by atoms with van der Waals surface area (Å²) < 4.78 is 0. The van der Waals surface area contributed by atoms with Gasteiger partial charge in [0.1, 0.15) is 0 Å². The molecule has 7 N–H and O–H groups in total. The molecule has 0 aliphatic carbocycles. The molecule has 0 saturated heterocycles. The van der Waals surface area contributed by atoms with Crippen LogP contribution in [0.2, 0.25) is 0 Å². The zero-order chi connectivity index (χ0) is 17.4. The number of Topliss-reactive ketones (excluding diaryl/α,β-unsaturated/α-hetero) is 1. The van der Waals surface area contributed by atoms with Gasteiger partial charge in [0.25, 0.3) is 5.91 Å². The Balaban J connectivity index is 2.94. The molecule has 0 aliphatic heterocycles. The van der Waals surface area contributed by atoms with Crippen LogP contribution in [0.5, 0.6) is 0 Å². The second-order valence-corrected chi connectivity index (χ2v) is 5.24. The smallest absolute Gasteiger partial charge is 0.251 e. The molecule has 0 atom stereocenters. The van der Waals surface area contributed by atoms with Crippen molar-refractivity contribution in [3.05, 3.63) is 29.3 Å². The summed E-state index contributed by atoms with van der Waals surface area (Å²) >= 11 is 0. The first-order valence-electron chi connectivity index (χ1n) is 7.13. The standard InChI is InChI=1S/C15H22N2O6/c16-12-3-10(14(22)1-9(5-18)6-19)2-11(4-12)15(23)17-13(7-20)8-21/h2-4,9,13,18-21H,1,5-8,16H2,(H,17,23). The van der Waals surface area contributed by atoms with E-state index in [1.54, 1.807) is 0 Å². The third kappa shape index (κ3) is 5.61. The summed E-state index contributed by atoms with van der Waals surface area (Å²) in [6.07, 6.45) is -0.0760. The first-order valence-corrected chi connectivity index (χ1v) is 7.13. The quantitative estimate of drug-likeness (QED) is 0.239. The number of rotatable bonds is 9. The van der Waals surface area contributed by atoms with Gasteiger partial charge < -0.3 is 31.5 Å². The van der Waals surface area contributed by atoms with Gasteiger partial charge >= 0.3 is 0 Å². The molecule has 128 valence electrons. The Morgan fingerprint density at radius 3 is 2.04 bits per heavy atom. The number of ketones is 1. The molecule has 1 amide bonds. The van der Waals surface area contributed by atoms with Crippen LogP contribution in [-0.2, 0) is 0 Å². The molecule has 0 unspecified atom stereocenters. The SMILES string of the molecule is Nc1cc(C(=O)CC(CO)CO)cc(C(=O)NC(CO)CO)c1. The number of nitrogens with two attached hydrogens (primary N) is 1. The Morgan fingerprint density at radius 2 is 1.52 bits per heavy atom. The van der Waals surface area contributed by atoms with E-state index < -0.39 is 31.1 Å². The van der Waals surface area contributed by atoms with E-state index >= 15 is 0 Å². The van der Waals surface area contributed by atoms with E-state index in [1.807, 2.05) is 0 Å². The molecule has 1 rings (SSSR count). The molecule has 0 aliphatic rings. The van der Waals surface area contributed by atoms with Gasteiger partial charge in [-0.3, -0.25) is 9.59 Å². The number of aliphatic hydroxyl groups is 4. The summed E-state index contributed by atoms with van der Waals surface area (Å²) in [4.78, 5) is 24.2. The highest BCUT2D eigenvalue weighted by molar-refractivity contribution is 6.02. The number of nitrogen functional groups attached to an aromatic ring is 1. The lowest BCUT2D eigenvalue weighted by Crippen LogP contribution is -2.40. The predicted octanol–water partition coefficient (Wildman–Crippen LogP) is -1.47. The third-order valence-corrected chi connectivity index (χ3v) is 3.31. The number of hydrogen-bond donors (Lipinski definition) is 6. The Labute approximate surface area is 133 Å². The highest BCUT2D eigenvalue weighted by Gasteiger charge is 2.18. The molecule has 1 aromatic rings. The van der Waals surface area contributed by atoms with E-state index in [0.29, 0.717) is 0 Å². The Kier molecular flexibility index (Phi) is 7.63. The molecular formula is C15H22N2O6. The fourth-order valence-electron chi connectivity index (χ4n) is 1.93. The Morgan fingerprint density at radius 1 is 0.957 bits per heavy atom. The van der Waals surface area contributed by atoms with Crippen LogP contribution in [0.25, 0.3) is 0 Å². The summed E-state index contributed by atoms with van der Waals surface area (Å²) in [5.41, 5.74) is 6.20. The van der Waals surface area contributed by atoms with Crippen molar-refractivity contribution in [1.29, 1.82) is 0 Å². The molecule has 8 heteroatoms. The third-order valence-electron chi connectivity index (χ3n) is 3.31. The fraction of sp³-hybridized carbons (Fsp3) is 0.467. The lowest BCUT2D eigenvalue weighted by atomic mass is 9.97. The number of amides is 1. The zero-order valence-corrected chi connectivity index (χ0v) is 12.6. The van der Waals surface area contributed by atoms with Crippen molar-refractivity contribution in [3.63, 3.8) is 0 Å². The van der Waals surface area contributed by atoms with Gasteiger partial charge in [-0.2, -0.15) is 0 Å². The van der Waals surface area contributed by atoms with Crippen molar-refractivity contribution in [1.82, 2.24) is 5.32 Å². The van der Waals surface area contributed by atoms with Crippen LogP contribution >= 0.6 is 0 Å². The molecule has 0 fully saturated rings. The second-order valence-electron chi connectivity index (χ2n) is 5.24. The minimum atomic E-state index is -0.809. The van der Waals surface area contributed by atoms with Crippen molar-refractivity contribution in [2.24, 2.45) is 5.92 Å². The summed E-state index contributed by atoms with van der Waals surface area (Å²) in [5.74, 6) is -1.52. The number of benzene rings is 1. The van der Waals surface area contributed by atoms with Crippen LogP contribution < -0.4 is 11.1 Å². The maximum absolute atomic E-state index is 12.1.